The first-order valence-corrected chi connectivity index (χ1v) is 5.72. The summed E-state index contributed by atoms with van der Waals surface area (Å²) in [5, 5.41) is 9.00. The Kier molecular flexibility index (Phi) is 5.11. The second kappa shape index (κ2) is 6.59. The SMILES string of the molecule is CCOC(=O)C(=Cc1ccccc1)C(C)C(=O)O. The number of carboxylic acid groups (broad SMARTS) is 1. The number of esters is 1. The first-order chi connectivity index (χ1) is 8.56. The third kappa shape index (κ3) is 3.73. The van der Waals surface area contributed by atoms with Crippen molar-refractivity contribution in [1.29, 1.82) is 0 Å². The zero-order chi connectivity index (χ0) is 13.5. The van der Waals surface area contributed by atoms with Gasteiger partial charge in [-0.2, -0.15) is 0 Å². The highest BCUT2D eigenvalue weighted by Crippen LogP contribution is 2.17. The molecule has 0 spiro atoms. The molecule has 1 rings (SSSR count). The van der Waals surface area contributed by atoms with Crippen LogP contribution in [0.5, 0.6) is 0 Å². The highest BCUT2D eigenvalue weighted by molar-refractivity contribution is 5.99. The second-order valence-electron chi connectivity index (χ2n) is 3.79. The van der Waals surface area contributed by atoms with Crippen molar-refractivity contribution in [2.75, 3.05) is 6.61 Å². The van der Waals surface area contributed by atoms with Crippen molar-refractivity contribution in [1.82, 2.24) is 0 Å². The summed E-state index contributed by atoms with van der Waals surface area (Å²) < 4.78 is 4.88. The average molecular weight is 248 g/mol. The van der Waals surface area contributed by atoms with Crippen molar-refractivity contribution in [2.24, 2.45) is 5.92 Å². The molecular weight excluding hydrogens is 232 g/mol. The van der Waals surface area contributed by atoms with Crippen molar-refractivity contribution in [3.63, 3.8) is 0 Å². The zero-order valence-corrected chi connectivity index (χ0v) is 10.4. The van der Waals surface area contributed by atoms with Crippen molar-refractivity contribution < 1.29 is 19.4 Å². The molecule has 0 radical (unpaired) electrons. The maximum Gasteiger partial charge on any atom is 0.334 e. The zero-order valence-electron chi connectivity index (χ0n) is 10.4. The van der Waals surface area contributed by atoms with Gasteiger partial charge >= 0.3 is 11.9 Å². The summed E-state index contributed by atoms with van der Waals surface area (Å²) in [5.74, 6) is -2.54. The Bertz CT molecular complexity index is 448. The van der Waals surface area contributed by atoms with Crippen molar-refractivity contribution >= 4 is 18.0 Å². The predicted molar refractivity (Wildman–Crippen MR) is 67.9 cm³/mol. The summed E-state index contributed by atoms with van der Waals surface area (Å²) >= 11 is 0. The molecule has 0 heterocycles. The Balaban J connectivity index is 3.08. The minimum absolute atomic E-state index is 0.149. The molecule has 1 atom stereocenters. The summed E-state index contributed by atoms with van der Waals surface area (Å²) in [7, 11) is 0. The van der Waals surface area contributed by atoms with Gasteiger partial charge in [0, 0.05) is 0 Å². The van der Waals surface area contributed by atoms with E-state index in [2.05, 4.69) is 0 Å². The summed E-state index contributed by atoms with van der Waals surface area (Å²) in [6.07, 6.45) is 1.55. The molecule has 0 aliphatic heterocycles. The van der Waals surface area contributed by atoms with Gasteiger partial charge in [0.25, 0.3) is 0 Å². The van der Waals surface area contributed by atoms with Crippen molar-refractivity contribution in [3.8, 4) is 0 Å². The molecule has 1 aromatic carbocycles. The van der Waals surface area contributed by atoms with E-state index in [0.29, 0.717) is 0 Å². The van der Waals surface area contributed by atoms with Gasteiger partial charge in [-0.05, 0) is 25.5 Å². The number of aliphatic carboxylic acids is 1. The predicted octanol–water partition coefficient (Wildman–Crippen LogP) is 2.35. The smallest absolute Gasteiger partial charge is 0.334 e. The number of carbonyl (C=O) groups excluding carboxylic acids is 1. The van der Waals surface area contributed by atoms with Crippen molar-refractivity contribution in [2.45, 2.75) is 13.8 Å². The Labute approximate surface area is 106 Å². The van der Waals surface area contributed by atoms with Crippen LogP contribution in [0.25, 0.3) is 6.08 Å². The summed E-state index contributed by atoms with van der Waals surface area (Å²) in [6.45, 7) is 3.37. The van der Waals surface area contributed by atoms with Gasteiger partial charge in [-0.15, -0.1) is 0 Å². The van der Waals surface area contributed by atoms with E-state index in [-0.39, 0.29) is 12.2 Å². The first kappa shape index (κ1) is 14.0. The van der Waals surface area contributed by atoms with Crippen LogP contribution in [0.15, 0.2) is 35.9 Å². The van der Waals surface area contributed by atoms with E-state index in [9.17, 15) is 9.59 Å². The molecule has 4 nitrogen and oxygen atoms in total. The van der Waals surface area contributed by atoms with E-state index in [1.54, 1.807) is 25.1 Å². The van der Waals surface area contributed by atoms with E-state index in [0.717, 1.165) is 5.56 Å². The number of rotatable bonds is 5. The third-order valence-corrected chi connectivity index (χ3v) is 2.47. The van der Waals surface area contributed by atoms with Gasteiger partial charge in [0.2, 0.25) is 0 Å². The van der Waals surface area contributed by atoms with Crippen LogP contribution in [0, 0.1) is 5.92 Å². The Morgan fingerprint density at radius 2 is 1.94 bits per heavy atom. The fraction of sp³-hybridized carbons (Fsp3) is 0.286. The van der Waals surface area contributed by atoms with Crippen molar-refractivity contribution in [3.05, 3.63) is 41.5 Å². The number of carbonyl (C=O) groups is 2. The Hall–Kier alpha value is -2.10. The standard InChI is InChI=1S/C14H16O4/c1-3-18-14(17)12(10(2)13(15)16)9-11-7-5-4-6-8-11/h4-10H,3H2,1-2H3,(H,15,16). The molecule has 0 amide bonds. The minimum atomic E-state index is -1.05. The van der Waals surface area contributed by atoms with E-state index in [1.807, 2.05) is 18.2 Å². The van der Waals surface area contributed by atoms with Crippen LogP contribution >= 0.6 is 0 Å². The molecule has 0 saturated carbocycles. The molecule has 0 fully saturated rings. The molecule has 0 aromatic heterocycles. The van der Waals surface area contributed by atoms with Crippen LogP contribution in [0.4, 0.5) is 0 Å². The lowest BCUT2D eigenvalue weighted by atomic mass is 9.99. The minimum Gasteiger partial charge on any atom is -0.481 e. The molecule has 0 aliphatic rings. The van der Waals surface area contributed by atoms with E-state index in [4.69, 9.17) is 9.84 Å². The molecule has 0 saturated heterocycles. The van der Waals surface area contributed by atoms with Gasteiger partial charge in [0.15, 0.2) is 0 Å². The number of hydrogen-bond donors (Lipinski definition) is 1. The molecule has 1 N–H and O–H groups in total. The largest absolute Gasteiger partial charge is 0.481 e. The normalized spacial score (nSPS) is 12.9. The van der Waals surface area contributed by atoms with Crippen LogP contribution in [0.3, 0.4) is 0 Å². The topological polar surface area (TPSA) is 63.6 Å². The summed E-state index contributed by atoms with van der Waals surface area (Å²) in [6, 6.07) is 9.09. The van der Waals surface area contributed by atoms with Gasteiger partial charge in [0.05, 0.1) is 18.1 Å². The molecule has 0 bridgehead atoms. The molecular formula is C14H16O4. The fourth-order valence-electron chi connectivity index (χ4n) is 1.44. The monoisotopic (exact) mass is 248 g/mol. The van der Waals surface area contributed by atoms with Crippen LogP contribution in [0.2, 0.25) is 0 Å². The van der Waals surface area contributed by atoms with E-state index >= 15 is 0 Å². The lowest BCUT2D eigenvalue weighted by molar-refractivity contribution is -0.145. The van der Waals surface area contributed by atoms with Gasteiger partial charge in [-0.25, -0.2) is 4.79 Å². The molecule has 4 heteroatoms. The summed E-state index contributed by atoms with van der Waals surface area (Å²) in [4.78, 5) is 22.7. The molecule has 96 valence electrons. The third-order valence-electron chi connectivity index (χ3n) is 2.47. The van der Waals surface area contributed by atoms with Crippen LogP contribution in [0.1, 0.15) is 19.4 Å². The maximum atomic E-state index is 11.7. The van der Waals surface area contributed by atoms with Crippen LogP contribution < -0.4 is 0 Å². The fourth-order valence-corrected chi connectivity index (χ4v) is 1.44. The number of ether oxygens (including phenoxy) is 1. The second-order valence-corrected chi connectivity index (χ2v) is 3.79. The number of carboxylic acids is 1. The van der Waals surface area contributed by atoms with Crippen LogP contribution in [-0.2, 0) is 14.3 Å². The highest BCUT2D eigenvalue weighted by atomic mass is 16.5. The van der Waals surface area contributed by atoms with Crippen LogP contribution in [-0.4, -0.2) is 23.7 Å². The van der Waals surface area contributed by atoms with Gasteiger partial charge in [-0.1, -0.05) is 30.3 Å². The van der Waals surface area contributed by atoms with E-state index < -0.39 is 17.9 Å². The first-order valence-electron chi connectivity index (χ1n) is 5.72. The van der Waals surface area contributed by atoms with E-state index in [1.165, 1.54) is 6.92 Å². The quantitative estimate of drug-likeness (QED) is 0.641. The molecule has 1 unspecified atom stereocenters. The maximum absolute atomic E-state index is 11.7. The number of hydrogen-bond acceptors (Lipinski definition) is 3. The van der Waals surface area contributed by atoms with Gasteiger partial charge < -0.3 is 9.84 Å². The lowest BCUT2D eigenvalue weighted by Gasteiger charge is -2.11. The number of benzene rings is 1. The Morgan fingerprint density at radius 1 is 1.33 bits per heavy atom. The Morgan fingerprint density at radius 3 is 2.44 bits per heavy atom. The average Bonchev–Trinajstić information content (AvgIpc) is 2.36. The lowest BCUT2D eigenvalue weighted by Crippen LogP contribution is -2.20. The van der Waals surface area contributed by atoms with Gasteiger partial charge in [-0.3, -0.25) is 4.79 Å². The summed E-state index contributed by atoms with van der Waals surface area (Å²) in [5.41, 5.74) is 0.921. The molecule has 18 heavy (non-hydrogen) atoms. The van der Waals surface area contributed by atoms with Gasteiger partial charge in [0.1, 0.15) is 0 Å². The molecule has 0 aliphatic carbocycles. The highest BCUT2D eigenvalue weighted by Gasteiger charge is 2.23. The molecule has 1 aromatic rings.